The number of halogens is 1. The van der Waals surface area contributed by atoms with E-state index in [0.29, 0.717) is 0 Å². The number of hydrogen-bond acceptors (Lipinski definition) is 2. The van der Waals surface area contributed by atoms with Crippen molar-refractivity contribution in [3.05, 3.63) is 39.7 Å². The summed E-state index contributed by atoms with van der Waals surface area (Å²) in [7, 11) is 1.68. The summed E-state index contributed by atoms with van der Waals surface area (Å²) in [6.07, 6.45) is 0. The maximum Gasteiger partial charge on any atom is 0.118 e. The van der Waals surface area contributed by atoms with Crippen molar-refractivity contribution >= 4 is 27.3 Å². The topological polar surface area (TPSA) is 9.23 Å². The molecule has 0 N–H and O–H groups in total. The minimum Gasteiger partial charge on any atom is -0.497 e. The van der Waals surface area contributed by atoms with Crippen LogP contribution in [0.5, 0.6) is 5.75 Å². The van der Waals surface area contributed by atoms with Crippen LogP contribution in [0, 0.1) is 6.92 Å². The van der Waals surface area contributed by atoms with Crippen LogP contribution in [0.3, 0.4) is 0 Å². The van der Waals surface area contributed by atoms with E-state index in [1.807, 2.05) is 12.1 Å². The fourth-order valence-corrected chi connectivity index (χ4v) is 2.90. The molecule has 3 heteroatoms. The Kier molecular flexibility index (Phi) is 3.12. The Hall–Kier alpha value is -0.800. The zero-order valence-electron chi connectivity index (χ0n) is 8.58. The first kappa shape index (κ1) is 10.7. The van der Waals surface area contributed by atoms with Gasteiger partial charge in [-0.2, -0.15) is 0 Å². The van der Waals surface area contributed by atoms with Crippen LogP contribution in [0.25, 0.3) is 10.4 Å². The zero-order chi connectivity index (χ0) is 10.8. The summed E-state index contributed by atoms with van der Waals surface area (Å²) >= 11 is 5.32. The summed E-state index contributed by atoms with van der Waals surface area (Å²) < 4.78 is 6.31. The van der Waals surface area contributed by atoms with Crippen LogP contribution < -0.4 is 4.74 Å². The molecule has 78 valence electrons. The second-order valence-corrected chi connectivity index (χ2v) is 5.35. The largest absolute Gasteiger partial charge is 0.497 e. The second kappa shape index (κ2) is 4.37. The molecule has 0 bridgehead atoms. The van der Waals surface area contributed by atoms with Crippen LogP contribution >= 0.6 is 27.3 Å². The first-order chi connectivity index (χ1) is 7.20. The molecule has 0 amide bonds. The molecule has 15 heavy (non-hydrogen) atoms. The first-order valence-corrected chi connectivity index (χ1v) is 6.22. The van der Waals surface area contributed by atoms with E-state index in [-0.39, 0.29) is 0 Å². The number of thiophene rings is 1. The third-order valence-electron chi connectivity index (χ3n) is 2.23. The van der Waals surface area contributed by atoms with Crippen molar-refractivity contribution in [2.24, 2.45) is 0 Å². The van der Waals surface area contributed by atoms with Crippen molar-refractivity contribution in [1.29, 1.82) is 0 Å². The Labute approximate surface area is 102 Å². The summed E-state index contributed by atoms with van der Waals surface area (Å²) in [5.74, 6) is 0.895. The Morgan fingerprint density at radius 1 is 1.20 bits per heavy atom. The fraction of sp³-hybridized carbons (Fsp3) is 0.167. The lowest BCUT2D eigenvalue weighted by atomic mass is 10.2. The lowest BCUT2D eigenvalue weighted by Crippen LogP contribution is -1.81. The maximum absolute atomic E-state index is 5.13. The zero-order valence-corrected chi connectivity index (χ0v) is 11.0. The van der Waals surface area contributed by atoms with Crippen molar-refractivity contribution in [3.63, 3.8) is 0 Å². The molecule has 0 radical (unpaired) electrons. The average Bonchev–Trinajstić information content (AvgIpc) is 2.59. The molecule has 0 aliphatic heterocycles. The predicted molar refractivity (Wildman–Crippen MR) is 68.7 cm³/mol. The number of benzene rings is 1. The van der Waals surface area contributed by atoms with Crippen LogP contribution in [0.2, 0.25) is 0 Å². The fourth-order valence-electron chi connectivity index (χ4n) is 1.36. The van der Waals surface area contributed by atoms with Gasteiger partial charge in [0.2, 0.25) is 0 Å². The summed E-state index contributed by atoms with van der Waals surface area (Å²) in [6.45, 7) is 2.11. The molecule has 1 nitrogen and oxygen atoms in total. The Bertz CT molecular complexity index is 439. The molecule has 2 aromatic rings. The van der Waals surface area contributed by atoms with Gasteiger partial charge in [0, 0.05) is 14.2 Å². The maximum atomic E-state index is 5.13. The van der Waals surface area contributed by atoms with Crippen LogP contribution in [0.4, 0.5) is 0 Å². The molecule has 0 atom stereocenters. The molecular formula is C12H11BrOS. The average molecular weight is 283 g/mol. The lowest BCUT2D eigenvalue weighted by Gasteiger charge is -2.00. The van der Waals surface area contributed by atoms with Gasteiger partial charge in [0.1, 0.15) is 5.75 Å². The summed E-state index contributed by atoms with van der Waals surface area (Å²) in [5.41, 5.74) is 1.23. The normalized spacial score (nSPS) is 10.3. The highest BCUT2D eigenvalue weighted by Gasteiger charge is 2.04. The quantitative estimate of drug-likeness (QED) is 0.788. The monoisotopic (exact) mass is 282 g/mol. The van der Waals surface area contributed by atoms with Gasteiger partial charge in [-0.3, -0.25) is 0 Å². The van der Waals surface area contributed by atoms with Gasteiger partial charge < -0.3 is 4.74 Å². The highest BCUT2D eigenvalue weighted by Crippen LogP contribution is 2.34. The van der Waals surface area contributed by atoms with Gasteiger partial charge in [0.25, 0.3) is 0 Å². The number of hydrogen-bond donors (Lipinski definition) is 0. The third-order valence-corrected chi connectivity index (χ3v) is 4.42. The molecule has 0 fully saturated rings. The second-order valence-electron chi connectivity index (χ2n) is 3.24. The Morgan fingerprint density at radius 3 is 2.33 bits per heavy atom. The van der Waals surface area contributed by atoms with Crippen LogP contribution in [-0.2, 0) is 0 Å². The minimum atomic E-state index is 0.895. The van der Waals surface area contributed by atoms with Gasteiger partial charge in [0.05, 0.1) is 7.11 Å². The molecule has 0 aliphatic rings. The van der Waals surface area contributed by atoms with Crippen molar-refractivity contribution < 1.29 is 4.74 Å². The van der Waals surface area contributed by atoms with E-state index in [1.165, 1.54) is 19.8 Å². The highest BCUT2D eigenvalue weighted by molar-refractivity contribution is 9.10. The van der Waals surface area contributed by atoms with E-state index < -0.39 is 0 Å². The number of rotatable bonds is 2. The molecule has 0 saturated carbocycles. The molecule has 0 aliphatic carbocycles. The van der Waals surface area contributed by atoms with Gasteiger partial charge in [-0.1, -0.05) is 0 Å². The standard InChI is InChI=1S/C12H11BrOS/c1-8-11(13)7-12(15-8)9-3-5-10(14-2)6-4-9/h3-7H,1-2H3. The molecule has 0 unspecified atom stereocenters. The van der Waals surface area contributed by atoms with Crippen LogP contribution in [-0.4, -0.2) is 7.11 Å². The number of ether oxygens (including phenoxy) is 1. The molecule has 0 saturated heterocycles. The Morgan fingerprint density at radius 2 is 1.87 bits per heavy atom. The van der Waals surface area contributed by atoms with Crippen molar-refractivity contribution in [1.82, 2.24) is 0 Å². The van der Waals surface area contributed by atoms with Gasteiger partial charge in [-0.25, -0.2) is 0 Å². The summed E-state index contributed by atoms with van der Waals surface area (Å²) in [4.78, 5) is 2.59. The molecule has 1 aromatic carbocycles. The van der Waals surface area contributed by atoms with E-state index in [9.17, 15) is 0 Å². The molecule has 1 aromatic heterocycles. The first-order valence-electron chi connectivity index (χ1n) is 4.61. The van der Waals surface area contributed by atoms with Gasteiger partial charge in [-0.15, -0.1) is 11.3 Å². The molecule has 1 heterocycles. The van der Waals surface area contributed by atoms with Gasteiger partial charge in [0.15, 0.2) is 0 Å². The van der Waals surface area contributed by atoms with E-state index in [4.69, 9.17) is 4.74 Å². The van der Waals surface area contributed by atoms with E-state index in [1.54, 1.807) is 18.4 Å². The third kappa shape index (κ3) is 2.24. The Balaban J connectivity index is 2.37. The van der Waals surface area contributed by atoms with Gasteiger partial charge in [-0.05, 0) is 58.7 Å². The van der Waals surface area contributed by atoms with E-state index in [0.717, 1.165) is 5.75 Å². The minimum absolute atomic E-state index is 0.895. The highest BCUT2D eigenvalue weighted by atomic mass is 79.9. The van der Waals surface area contributed by atoms with Crippen molar-refractivity contribution in [2.75, 3.05) is 7.11 Å². The predicted octanol–water partition coefficient (Wildman–Crippen LogP) is 4.49. The summed E-state index contributed by atoms with van der Waals surface area (Å²) in [5, 5.41) is 0. The summed E-state index contributed by atoms with van der Waals surface area (Å²) in [6, 6.07) is 10.3. The lowest BCUT2D eigenvalue weighted by molar-refractivity contribution is 0.415. The molecule has 2 rings (SSSR count). The number of methoxy groups -OCH3 is 1. The number of aryl methyl sites for hydroxylation is 1. The van der Waals surface area contributed by atoms with E-state index in [2.05, 4.69) is 41.1 Å². The van der Waals surface area contributed by atoms with Crippen molar-refractivity contribution in [3.8, 4) is 16.2 Å². The van der Waals surface area contributed by atoms with Crippen LogP contribution in [0.1, 0.15) is 4.88 Å². The smallest absolute Gasteiger partial charge is 0.118 e. The SMILES string of the molecule is COc1ccc(-c2cc(Br)c(C)s2)cc1. The van der Waals surface area contributed by atoms with Gasteiger partial charge >= 0.3 is 0 Å². The van der Waals surface area contributed by atoms with Crippen LogP contribution in [0.15, 0.2) is 34.8 Å². The molecule has 0 spiro atoms. The van der Waals surface area contributed by atoms with Crippen molar-refractivity contribution in [2.45, 2.75) is 6.92 Å². The molecular weight excluding hydrogens is 272 g/mol. The van der Waals surface area contributed by atoms with E-state index >= 15 is 0 Å².